The molecule has 0 unspecified atom stereocenters. The Hall–Kier alpha value is -2.10. The van der Waals surface area contributed by atoms with Crippen molar-refractivity contribution in [3.05, 3.63) is 57.8 Å². The van der Waals surface area contributed by atoms with E-state index in [2.05, 4.69) is 9.97 Å². The number of methoxy groups -OCH3 is 1. The van der Waals surface area contributed by atoms with Crippen molar-refractivity contribution in [1.29, 1.82) is 0 Å². The first kappa shape index (κ1) is 11.4. The Morgan fingerprint density at radius 1 is 1.29 bits per heavy atom. The van der Waals surface area contributed by atoms with Crippen LogP contribution in [0.15, 0.2) is 35.1 Å². The highest BCUT2D eigenvalue weighted by Crippen LogP contribution is 2.12. The van der Waals surface area contributed by atoms with E-state index in [1.54, 1.807) is 7.11 Å². The van der Waals surface area contributed by atoms with E-state index in [-0.39, 0.29) is 5.56 Å². The third-order valence-electron chi connectivity index (χ3n) is 2.45. The average molecular weight is 230 g/mol. The first-order valence-electron chi connectivity index (χ1n) is 5.37. The van der Waals surface area contributed by atoms with Gasteiger partial charge in [-0.1, -0.05) is 12.1 Å². The summed E-state index contributed by atoms with van der Waals surface area (Å²) >= 11 is 0. The van der Waals surface area contributed by atoms with Gasteiger partial charge in [-0.25, -0.2) is 4.98 Å². The second kappa shape index (κ2) is 4.82. The lowest BCUT2D eigenvalue weighted by atomic mass is 10.1. The molecule has 2 rings (SSSR count). The molecule has 88 valence electrons. The second-order valence-electron chi connectivity index (χ2n) is 3.86. The zero-order valence-corrected chi connectivity index (χ0v) is 9.86. The number of aromatic amines is 1. The summed E-state index contributed by atoms with van der Waals surface area (Å²) in [6, 6.07) is 9.19. The Bertz CT molecular complexity index is 558. The minimum atomic E-state index is -0.110. The summed E-state index contributed by atoms with van der Waals surface area (Å²) in [5, 5.41) is 0. The summed E-state index contributed by atoms with van der Waals surface area (Å²) in [5.41, 5.74) is 1.71. The first-order valence-corrected chi connectivity index (χ1v) is 5.37. The molecule has 1 heterocycles. The number of aromatic nitrogens is 2. The average Bonchev–Trinajstić information content (AvgIpc) is 2.28. The number of hydrogen-bond donors (Lipinski definition) is 1. The molecule has 0 amide bonds. The van der Waals surface area contributed by atoms with Crippen molar-refractivity contribution < 1.29 is 4.74 Å². The van der Waals surface area contributed by atoms with Crippen LogP contribution in [0.25, 0.3) is 0 Å². The molecule has 0 radical (unpaired) electrons. The zero-order chi connectivity index (χ0) is 12.3. The van der Waals surface area contributed by atoms with Gasteiger partial charge in [-0.2, -0.15) is 0 Å². The molecule has 0 saturated heterocycles. The fourth-order valence-corrected chi connectivity index (χ4v) is 1.66. The number of aryl methyl sites for hydroxylation is 1. The molecule has 0 fully saturated rings. The highest BCUT2D eigenvalue weighted by Gasteiger charge is 2.00. The maximum atomic E-state index is 11.3. The Morgan fingerprint density at radius 2 is 2.00 bits per heavy atom. The largest absolute Gasteiger partial charge is 0.497 e. The number of rotatable bonds is 3. The van der Waals surface area contributed by atoms with Gasteiger partial charge in [0, 0.05) is 18.2 Å². The van der Waals surface area contributed by atoms with Gasteiger partial charge in [0.2, 0.25) is 0 Å². The third kappa shape index (κ3) is 2.93. The van der Waals surface area contributed by atoms with Crippen molar-refractivity contribution >= 4 is 0 Å². The van der Waals surface area contributed by atoms with Crippen LogP contribution >= 0.6 is 0 Å². The molecule has 1 N–H and O–H groups in total. The minimum absolute atomic E-state index is 0.110. The quantitative estimate of drug-likeness (QED) is 0.872. The highest BCUT2D eigenvalue weighted by molar-refractivity contribution is 5.28. The molecule has 0 spiro atoms. The minimum Gasteiger partial charge on any atom is -0.497 e. The molecular formula is C13H14N2O2. The van der Waals surface area contributed by atoms with Crippen LogP contribution in [0.3, 0.4) is 0 Å². The standard InChI is InChI=1S/C13H14N2O2/c1-9-7-13(16)15-12(14-9)8-10-3-5-11(17-2)6-4-10/h3-7H,8H2,1-2H3,(H,14,15,16). The van der Waals surface area contributed by atoms with E-state index in [1.165, 1.54) is 6.07 Å². The molecule has 0 aliphatic rings. The van der Waals surface area contributed by atoms with Gasteiger partial charge in [-0.15, -0.1) is 0 Å². The van der Waals surface area contributed by atoms with Crippen molar-refractivity contribution in [2.45, 2.75) is 13.3 Å². The van der Waals surface area contributed by atoms with E-state index in [9.17, 15) is 4.79 Å². The lowest BCUT2D eigenvalue weighted by Gasteiger charge is -2.03. The Balaban J connectivity index is 2.22. The van der Waals surface area contributed by atoms with Crippen molar-refractivity contribution in [2.24, 2.45) is 0 Å². The highest BCUT2D eigenvalue weighted by atomic mass is 16.5. The molecule has 0 atom stereocenters. The van der Waals surface area contributed by atoms with Gasteiger partial charge in [0.25, 0.3) is 5.56 Å². The molecule has 17 heavy (non-hydrogen) atoms. The number of nitrogens with one attached hydrogen (secondary N) is 1. The van der Waals surface area contributed by atoms with E-state index in [1.807, 2.05) is 31.2 Å². The monoisotopic (exact) mass is 230 g/mol. The van der Waals surface area contributed by atoms with Crippen molar-refractivity contribution in [1.82, 2.24) is 9.97 Å². The lowest BCUT2D eigenvalue weighted by Crippen LogP contribution is -2.11. The Labute approximate surface area is 99.3 Å². The van der Waals surface area contributed by atoms with Gasteiger partial charge in [-0.3, -0.25) is 4.79 Å². The van der Waals surface area contributed by atoms with Gasteiger partial charge in [0.1, 0.15) is 11.6 Å². The Kier molecular flexibility index (Phi) is 3.23. The normalized spacial score (nSPS) is 10.2. The van der Waals surface area contributed by atoms with E-state index in [0.29, 0.717) is 12.2 Å². The topological polar surface area (TPSA) is 55.0 Å². The van der Waals surface area contributed by atoms with E-state index < -0.39 is 0 Å². The lowest BCUT2D eigenvalue weighted by molar-refractivity contribution is 0.414. The van der Waals surface area contributed by atoms with Crippen molar-refractivity contribution in [3.63, 3.8) is 0 Å². The van der Waals surface area contributed by atoms with Crippen molar-refractivity contribution in [3.8, 4) is 5.75 Å². The molecule has 0 aliphatic heterocycles. The molecule has 4 nitrogen and oxygen atoms in total. The van der Waals surface area contributed by atoms with Crippen LogP contribution in [0.1, 0.15) is 17.1 Å². The van der Waals surface area contributed by atoms with Gasteiger partial charge in [-0.05, 0) is 24.6 Å². The van der Waals surface area contributed by atoms with Gasteiger partial charge in [0.15, 0.2) is 0 Å². The molecule has 0 aliphatic carbocycles. The number of hydrogen-bond acceptors (Lipinski definition) is 3. The van der Waals surface area contributed by atoms with Crippen LogP contribution in [0, 0.1) is 6.92 Å². The van der Waals surface area contributed by atoms with Crippen LogP contribution in [0.2, 0.25) is 0 Å². The number of H-pyrrole nitrogens is 1. The fraction of sp³-hybridized carbons (Fsp3) is 0.231. The molecule has 0 bridgehead atoms. The van der Waals surface area contributed by atoms with Crippen LogP contribution < -0.4 is 10.3 Å². The molecule has 1 aromatic carbocycles. The van der Waals surface area contributed by atoms with E-state index >= 15 is 0 Å². The third-order valence-corrected chi connectivity index (χ3v) is 2.45. The van der Waals surface area contributed by atoms with Crippen LogP contribution in [0.5, 0.6) is 5.75 Å². The maximum Gasteiger partial charge on any atom is 0.251 e. The summed E-state index contributed by atoms with van der Waals surface area (Å²) in [4.78, 5) is 18.3. The van der Waals surface area contributed by atoms with Crippen LogP contribution in [-0.2, 0) is 6.42 Å². The second-order valence-corrected chi connectivity index (χ2v) is 3.86. The summed E-state index contributed by atoms with van der Waals surface area (Å²) in [5.74, 6) is 1.50. The molecule has 0 saturated carbocycles. The van der Waals surface area contributed by atoms with Crippen LogP contribution in [-0.4, -0.2) is 17.1 Å². The number of benzene rings is 1. The zero-order valence-electron chi connectivity index (χ0n) is 9.86. The van der Waals surface area contributed by atoms with Crippen LogP contribution in [0.4, 0.5) is 0 Å². The summed E-state index contributed by atoms with van der Waals surface area (Å²) in [7, 11) is 1.63. The summed E-state index contributed by atoms with van der Waals surface area (Å²) in [6.45, 7) is 1.81. The van der Waals surface area contributed by atoms with Gasteiger partial charge >= 0.3 is 0 Å². The SMILES string of the molecule is COc1ccc(Cc2nc(C)cc(=O)[nH]2)cc1. The number of ether oxygens (including phenoxy) is 1. The van der Waals surface area contributed by atoms with Gasteiger partial charge in [0.05, 0.1) is 7.11 Å². The smallest absolute Gasteiger partial charge is 0.251 e. The van der Waals surface area contributed by atoms with Crippen molar-refractivity contribution in [2.75, 3.05) is 7.11 Å². The molecule has 2 aromatic rings. The van der Waals surface area contributed by atoms with E-state index in [0.717, 1.165) is 17.0 Å². The van der Waals surface area contributed by atoms with E-state index in [4.69, 9.17) is 4.74 Å². The maximum absolute atomic E-state index is 11.3. The fourth-order valence-electron chi connectivity index (χ4n) is 1.66. The molecular weight excluding hydrogens is 216 g/mol. The Morgan fingerprint density at radius 3 is 2.59 bits per heavy atom. The number of nitrogens with zero attached hydrogens (tertiary/aromatic N) is 1. The predicted molar refractivity (Wildman–Crippen MR) is 65.4 cm³/mol. The van der Waals surface area contributed by atoms with Gasteiger partial charge < -0.3 is 9.72 Å². The molecule has 4 heteroatoms. The summed E-state index contributed by atoms with van der Waals surface area (Å²) < 4.78 is 5.08. The summed E-state index contributed by atoms with van der Waals surface area (Å²) in [6.07, 6.45) is 0.612. The molecule has 1 aromatic heterocycles. The first-order chi connectivity index (χ1) is 8.17. The predicted octanol–water partition coefficient (Wildman–Crippen LogP) is 1.68.